The Balaban J connectivity index is 1.80. The molecule has 1 aliphatic heterocycles. The normalized spacial score (nSPS) is 15.3. The number of nitrogens with zero attached hydrogens (tertiary/aromatic N) is 2. The number of hydrogen-bond donors (Lipinski definition) is 0. The summed E-state index contributed by atoms with van der Waals surface area (Å²) in [5.74, 6) is -0.189. The molecule has 1 amide bonds. The van der Waals surface area contributed by atoms with Crippen LogP contribution in [0.25, 0.3) is 0 Å². The van der Waals surface area contributed by atoms with Crippen LogP contribution in [0.1, 0.15) is 18.1 Å². The van der Waals surface area contributed by atoms with Crippen molar-refractivity contribution >= 4 is 27.3 Å². The van der Waals surface area contributed by atoms with Crippen LogP contribution in [0.2, 0.25) is 0 Å². The Labute approximate surface area is 213 Å². The van der Waals surface area contributed by atoms with Gasteiger partial charge >= 0.3 is 6.18 Å². The van der Waals surface area contributed by atoms with E-state index in [1.54, 1.807) is 12.1 Å². The van der Waals surface area contributed by atoms with Crippen molar-refractivity contribution in [2.75, 3.05) is 30.0 Å². The topological polar surface area (TPSA) is 76.2 Å². The van der Waals surface area contributed by atoms with Gasteiger partial charge in [0.1, 0.15) is 6.54 Å². The lowest BCUT2D eigenvalue weighted by molar-refractivity contribution is -0.137. The maximum atomic E-state index is 13.8. The summed E-state index contributed by atoms with van der Waals surface area (Å²) in [5, 5.41) is 0. The fourth-order valence-electron chi connectivity index (χ4n) is 4.40. The number of alkyl halides is 3. The molecule has 4 rings (SSSR count). The monoisotopic (exact) mass is 534 g/mol. The van der Waals surface area contributed by atoms with Gasteiger partial charge in [-0.1, -0.05) is 24.3 Å². The molecule has 1 aliphatic rings. The zero-order chi connectivity index (χ0) is 27.0. The highest BCUT2D eigenvalue weighted by Crippen LogP contribution is 2.36. The van der Waals surface area contributed by atoms with Crippen LogP contribution < -0.4 is 18.7 Å². The molecule has 3 aromatic carbocycles. The van der Waals surface area contributed by atoms with E-state index in [1.807, 2.05) is 19.1 Å². The number of sulfonamides is 1. The Morgan fingerprint density at radius 1 is 1.00 bits per heavy atom. The molecule has 0 aliphatic carbocycles. The highest BCUT2D eigenvalue weighted by molar-refractivity contribution is 7.92. The molecule has 196 valence electrons. The van der Waals surface area contributed by atoms with E-state index in [-0.39, 0.29) is 28.1 Å². The number of ether oxygens (including phenoxy) is 2. The van der Waals surface area contributed by atoms with Crippen molar-refractivity contribution in [3.8, 4) is 11.5 Å². The number of carbonyl (C=O) groups is 1. The summed E-state index contributed by atoms with van der Waals surface area (Å²) in [6.07, 6.45) is -4.13. The minimum atomic E-state index is -4.71. The van der Waals surface area contributed by atoms with Gasteiger partial charge < -0.3 is 14.4 Å². The zero-order valence-electron chi connectivity index (χ0n) is 20.3. The summed E-state index contributed by atoms with van der Waals surface area (Å²) in [5.41, 5.74) is 0.243. The number of fused-ring (bicyclic) bond motifs is 1. The molecule has 0 spiro atoms. The lowest BCUT2D eigenvalue weighted by atomic mass is 10.1. The van der Waals surface area contributed by atoms with Crippen LogP contribution in [0, 0.1) is 0 Å². The van der Waals surface area contributed by atoms with Crippen molar-refractivity contribution in [1.29, 1.82) is 0 Å². The molecule has 0 saturated carbocycles. The summed E-state index contributed by atoms with van der Waals surface area (Å²) in [6.45, 7) is 1.12. The second-order valence-corrected chi connectivity index (χ2v) is 10.4. The van der Waals surface area contributed by atoms with Crippen molar-refractivity contribution in [3.05, 3.63) is 77.9 Å². The maximum absolute atomic E-state index is 13.8. The SMILES string of the molecule is COc1ccc(S(=O)(=O)N(CC(=O)N2c3ccccc3CC2C)c2cccc(C(F)(F)F)c2)cc1OC. The van der Waals surface area contributed by atoms with E-state index in [0.29, 0.717) is 22.5 Å². The third-order valence-electron chi connectivity index (χ3n) is 6.16. The number of rotatable bonds is 7. The summed E-state index contributed by atoms with van der Waals surface area (Å²) in [7, 11) is -1.80. The lowest BCUT2D eigenvalue weighted by Gasteiger charge is -2.29. The Morgan fingerprint density at radius 2 is 1.70 bits per heavy atom. The highest BCUT2D eigenvalue weighted by atomic mass is 32.2. The minimum absolute atomic E-state index is 0.112. The van der Waals surface area contributed by atoms with Gasteiger partial charge in [0.2, 0.25) is 5.91 Å². The third-order valence-corrected chi connectivity index (χ3v) is 7.93. The van der Waals surface area contributed by atoms with Gasteiger partial charge in [0.05, 0.1) is 30.4 Å². The van der Waals surface area contributed by atoms with Crippen LogP contribution in [0.5, 0.6) is 11.5 Å². The fourth-order valence-corrected chi connectivity index (χ4v) is 5.82. The molecule has 1 heterocycles. The van der Waals surface area contributed by atoms with Gasteiger partial charge in [-0.3, -0.25) is 9.10 Å². The standard InChI is InChI=1S/C26H25F3N2O5S/c1-17-13-18-7-4-5-10-22(18)31(17)25(32)16-30(20-9-6-8-19(14-20)26(27,28)29)37(33,34)21-11-12-23(35-2)24(15-21)36-3/h4-12,14-15,17H,13,16H2,1-3H3. The number of halogens is 3. The van der Waals surface area contributed by atoms with E-state index >= 15 is 0 Å². The summed E-state index contributed by atoms with van der Waals surface area (Å²) in [6, 6.07) is 14.7. The van der Waals surface area contributed by atoms with Crippen LogP contribution in [0.4, 0.5) is 24.5 Å². The molecule has 0 aromatic heterocycles. The molecule has 11 heteroatoms. The van der Waals surface area contributed by atoms with Crippen LogP contribution in [0.15, 0.2) is 71.6 Å². The first-order valence-corrected chi connectivity index (χ1v) is 12.7. The zero-order valence-corrected chi connectivity index (χ0v) is 21.1. The third kappa shape index (κ3) is 5.08. The van der Waals surface area contributed by atoms with E-state index in [0.717, 1.165) is 17.7 Å². The second-order valence-electron chi connectivity index (χ2n) is 8.52. The minimum Gasteiger partial charge on any atom is -0.493 e. The van der Waals surface area contributed by atoms with Crippen molar-refractivity contribution in [3.63, 3.8) is 0 Å². The first-order chi connectivity index (χ1) is 17.5. The number of amides is 1. The molecule has 37 heavy (non-hydrogen) atoms. The van der Waals surface area contributed by atoms with E-state index in [2.05, 4.69) is 0 Å². The molecule has 7 nitrogen and oxygen atoms in total. The number of anilines is 2. The quantitative estimate of drug-likeness (QED) is 0.431. The van der Waals surface area contributed by atoms with Gasteiger partial charge in [-0.15, -0.1) is 0 Å². The Kier molecular flexibility index (Phi) is 7.09. The van der Waals surface area contributed by atoms with Gasteiger partial charge in [-0.2, -0.15) is 13.2 Å². The predicted octanol–water partition coefficient (Wildman–Crippen LogP) is 4.90. The Morgan fingerprint density at radius 3 is 2.38 bits per heavy atom. The number of methoxy groups -OCH3 is 2. The summed E-state index contributed by atoms with van der Waals surface area (Å²) >= 11 is 0. The Hall–Kier alpha value is -3.73. The second kappa shape index (κ2) is 9.97. The average molecular weight is 535 g/mol. The molecular weight excluding hydrogens is 509 g/mol. The van der Waals surface area contributed by atoms with Gasteiger partial charge in [0.25, 0.3) is 10.0 Å². The molecule has 1 atom stereocenters. The number of para-hydroxylation sites is 1. The van der Waals surface area contributed by atoms with Gasteiger partial charge in [-0.05, 0) is 55.3 Å². The molecule has 0 fully saturated rings. The van der Waals surface area contributed by atoms with E-state index < -0.39 is 34.2 Å². The smallest absolute Gasteiger partial charge is 0.416 e. The molecule has 0 saturated heterocycles. The lowest BCUT2D eigenvalue weighted by Crippen LogP contribution is -2.45. The van der Waals surface area contributed by atoms with Gasteiger partial charge in [0, 0.05) is 17.8 Å². The van der Waals surface area contributed by atoms with E-state index in [9.17, 15) is 26.4 Å². The van der Waals surface area contributed by atoms with Crippen LogP contribution >= 0.6 is 0 Å². The maximum Gasteiger partial charge on any atom is 0.416 e. The summed E-state index contributed by atoms with van der Waals surface area (Å²) in [4.78, 5) is 14.8. The molecule has 0 radical (unpaired) electrons. The van der Waals surface area contributed by atoms with Crippen molar-refractivity contribution < 1.29 is 35.9 Å². The van der Waals surface area contributed by atoms with Gasteiger partial charge in [0.15, 0.2) is 11.5 Å². The highest BCUT2D eigenvalue weighted by Gasteiger charge is 2.36. The Bertz CT molecular complexity index is 1430. The van der Waals surface area contributed by atoms with Crippen molar-refractivity contribution in [2.45, 2.75) is 30.5 Å². The molecular formula is C26H25F3N2O5S. The first kappa shape index (κ1) is 26.3. The average Bonchev–Trinajstić information content (AvgIpc) is 3.21. The molecule has 3 aromatic rings. The fraction of sp³-hybridized carbons (Fsp3) is 0.269. The van der Waals surface area contributed by atoms with Crippen molar-refractivity contribution in [2.24, 2.45) is 0 Å². The van der Waals surface area contributed by atoms with Crippen LogP contribution in [-0.4, -0.2) is 41.1 Å². The number of hydrogen-bond acceptors (Lipinski definition) is 5. The molecule has 0 bridgehead atoms. The molecule has 1 unspecified atom stereocenters. The van der Waals surface area contributed by atoms with Crippen LogP contribution in [-0.2, 0) is 27.4 Å². The largest absolute Gasteiger partial charge is 0.493 e. The summed E-state index contributed by atoms with van der Waals surface area (Å²) < 4.78 is 79.1. The molecule has 0 N–H and O–H groups in total. The van der Waals surface area contributed by atoms with Crippen LogP contribution in [0.3, 0.4) is 0 Å². The van der Waals surface area contributed by atoms with Crippen molar-refractivity contribution in [1.82, 2.24) is 0 Å². The van der Waals surface area contributed by atoms with Gasteiger partial charge in [-0.25, -0.2) is 8.42 Å². The van der Waals surface area contributed by atoms with E-state index in [1.165, 1.54) is 43.4 Å². The number of carbonyl (C=O) groups excluding carboxylic acids is 1. The predicted molar refractivity (Wildman–Crippen MR) is 133 cm³/mol. The first-order valence-electron chi connectivity index (χ1n) is 11.3. The van der Waals surface area contributed by atoms with E-state index in [4.69, 9.17) is 9.47 Å². The number of benzene rings is 3.